The largest absolute Gasteiger partial charge is 0.481 e. The highest BCUT2D eigenvalue weighted by Crippen LogP contribution is 2.19. The Labute approximate surface area is 87.3 Å². The third-order valence-electron chi connectivity index (χ3n) is 1.72. The zero-order valence-electron chi connectivity index (χ0n) is 7.67. The number of hydrogen-bond donors (Lipinski definition) is 3. The first-order chi connectivity index (χ1) is 6.81. The lowest BCUT2D eigenvalue weighted by Gasteiger charge is -2.20. The van der Waals surface area contributed by atoms with E-state index in [1.807, 2.05) is 0 Å². The van der Waals surface area contributed by atoms with Crippen molar-refractivity contribution in [3.63, 3.8) is 0 Å². The Balaban J connectivity index is 4.52. The van der Waals surface area contributed by atoms with Gasteiger partial charge >= 0.3 is 17.9 Å². The molecule has 86 valence electrons. The molecule has 0 aromatic heterocycles. The van der Waals surface area contributed by atoms with Gasteiger partial charge in [0.2, 0.25) is 0 Å². The summed E-state index contributed by atoms with van der Waals surface area (Å²) in [6.07, 6.45) is -1.90. The average Bonchev–Trinajstić information content (AvgIpc) is 2.14. The molecule has 15 heavy (non-hydrogen) atoms. The zero-order chi connectivity index (χ0) is 12.1. The third kappa shape index (κ3) is 4.71. The van der Waals surface area contributed by atoms with Crippen molar-refractivity contribution in [1.82, 2.24) is 0 Å². The van der Waals surface area contributed by atoms with Crippen molar-refractivity contribution in [3.05, 3.63) is 0 Å². The minimum absolute atomic E-state index is 0.549. The molecular weight excluding hydrogens is 227 g/mol. The van der Waals surface area contributed by atoms with E-state index in [9.17, 15) is 19.5 Å². The Hall–Kier alpha value is -1.20. The first-order valence-corrected chi connectivity index (χ1v) is 4.36. The summed E-state index contributed by atoms with van der Waals surface area (Å²) < 4.78 is 4.11. The van der Waals surface area contributed by atoms with Crippen LogP contribution in [-0.4, -0.2) is 38.8 Å². The topological polar surface area (TPSA) is 121 Å². The number of rotatable bonds is 6. The molecule has 0 fully saturated rings. The van der Waals surface area contributed by atoms with Gasteiger partial charge in [0.15, 0.2) is 5.60 Å². The van der Waals surface area contributed by atoms with Crippen molar-refractivity contribution in [2.45, 2.75) is 24.9 Å². The van der Waals surface area contributed by atoms with Gasteiger partial charge in [-0.05, 0) is 6.42 Å². The van der Waals surface area contributed by atoms with Gasteiger partial charge in [0, 0.05) is 6.42 Å². The highest BCUT2D eigenvalue weighted by Gasteiger charge is 2.39. The third-order valence-corrected chi connectivity index (χ3v) is 1.98. The molecule has 7 nitrogen and oxygen atoms in total. The number of aliphatic hydroxyl groups is 1. The standard InChI is InChI=1S/C7H11O7P/c8-4(9)1-2-7(13,6(11)12)3-5(10)14-15/h13H,1-3,15H2,(H,8,9)(H,11,12)/t7-/m1/s1. The summed E-state index contributed by atoms with van der Waals surface area (Å²) in [6.45, 7) is 0. The van der Waals surface area contributed by atoms with E-state index >= 15 is 0 Å². The maximum absolute atomic E-state index is 10.8. The molecule has 1 unspecified atom stereocenters. The van der Waals surface area contributed by atoms with E-state index in [0.717, 1.165) is 0 Å². The fourth-order valence-electron chi connectivity index (χ4n) is 0.865. The minimum atomic E-state index is -2.40. The van der Waals surface area contributed by atoms with Crippen LogP contribution < -0.4 is 0 Å². The van der Waals surface area contributed by atoms with Crippen LogP contribution >= 0.6 is 9.47 Å². The molecular formula is C7H11O7P. The van der Waals surface area contributed by atoms with Crippen LogP contribution in [0.25, 0.3) is 0 Å². The molecule has 0 spiro atoms. The second-order valence-electron chi connectivity index (χ2n) is 2.90. The van der Waals surface area contributed by atoms with Crippen LogP contribution in [-0.2, 0) is 18.9 Å². The molecule has 0 heterocycles. The molecule has 0 aliphatic heterocycles. The van der Waals surface area contributed by atoms with Crippen molar-refractivity contribution in [2.75, 3.05) is 0 Å². The maximum atomic E-state index is 10.8. The molecule has 0 bridgehead atoms. The molecule has 3 N–H and O–H groups in total. The van der Waals surface area contributed by atoms with Crippen molar-refractivity contribution < 1.29 is 34.2 Å². The molecule has 0 amide bonds. The van der Waals surface area contributed by atoms with Crippen LogP contribution in [0.3, 0.4) is 0 Å². The van der Waals surface area contributed by atoms with Crippen LogP contribution in [0.5, 0.6) is 0 Å². The van der Waals surface area contributed by atoms with Gasteiger partial charge in [0.25, 0.3) is 0 Å². The van der Waals surface area contributed by atoms with Gasteiger partial charge in [-0.25, -0.2) is 4.79 Å². The van der Waals surface area contributed by atoms with E-state index < -0.39 is 42.8 Å². The lowest BCUT2D eigenvalue weighted by atomic mass is 9.94. The van der Waals surface area contributed by atoms with Crippen LogP contribution in [0.1, 0.15) is 19.3 Å². The van der Waals surface area contributed by atoms with E-state index in [0.29, 0.717) is 0 Å². The summed E-state index contributed by atoms with van der Waals surface area (Å²) in [7, 11) is 1.61. The minimum Gasteiger partial charge on any atom is -0.481 e. The van der Waals surface area contributed by atoms with Crippen molar-refractivity contribution >= 4 is 27.4 Å². The van der Waals surface area contributed by atoms with E-state index in [2.05, 4.69) is 4.52 Å². The van der Waals surface area contributed by atoms with E-state index in [1.54, 1.807) is 9.47 Å². The molecule has 2 atom stereocenters. The second kappa shape index (κ2) is 5.63. The summed E-state index contributed by atoms with van der Waals surface area (Å²) in [4.78, 5) is 31.6. The summed E-state index contributed by atoms with van der Waals surface area (Å²) >= 11 is 0. The van der Waals surface area contributed by atoms with Gasteiger partial charge < -0.3 is 19.8 Å². The highest BCUT2D eigenvalue weighted by atomic mass is 31.0. The normalized spacial score (nSPS) is 14.0. The summed E-state index contributed by atoms with van der Waals surface area (Å²) in [6, 6.07) is 0. The maximum Gasteiger partial charge on any atom is 0.336 e. The summed E-state index contributed by atoms with van der Waals surface area (Å²) in [5.74, 6) is -3.86. The zero-order valence-corrected chi connectivity index (χ0v) is 8.83. The average molecular weight is 238 g/mol. The summed E-state index contributed by atoms with van der Waals surface area (Å²) in [5, 5.41) is 26.4. The number of hydrogen-bond acceptors (Lipinski definition) is 5. The number of aliphatic carboxylic acids is 2. The van der Waals surface area contributed by atoms with Crippen molar-refractivity contribution in [3.8, 4) is 0 Å². The molecule has 0 rings (SSSR count). The fraction of sp³-hybridized carbons (Fsp3) is 0.571. The van der Waals surface area contributed by atoms with E-state index in [-0.39, 0.29) is 0 Å². The number of carboxylic acids is 2. The van der Waals surface area contributed by atoms with Gasteiger partial charge in [0.1, 0.15) is 0 Å². The molecule has 0 saturated heterocycles. The fourth-order valence-corrected chi connectivity index (χ4v) is 0.948. The lowest BCUT2D eigenvalue weighted by Crippen LogP contribution is -2.41. The molecule has 0 radical (unpaired) electrons. The van der Waals surface area contributed by atoms with Crippen LogP contribution in [0.15, 0.2) is 0 Å². The van der Waals surface area contributed by atoms with Crippen LogP contribution in [0.4, 0.5) is 0 Å². The predicted molar refractivity (Wildman–Crippen MR) is 49.9 cm³/mol. The molecule has 0 saturated carbocycles. The van der Waals surface area contributed by atoms with Gasteiger partial charge in [-0.1, -0.05) is 0 Å². The first-order valence-electron chi connectivity index (χ1n) is 3.89. The Bertz CT molecular complexity index is 277. The quantitative estimate of drug-likeness (QED) is 0.527. The van der Waals surface area contributed by atoms with E-state index in [1.165, 1.54) is 0 Å². The summed E-state index contributed by atoms with van der Waals surface area (Å²) in [5.41, 5.74) is -2.40. The Kier molecular flexibility index (Phi) is 5.18. The van der Waals surface area contributed by atoms with Gasteiger partial charge in [-0.3, -0.25) is 9.59 Å². The number of carboxylic acid groups (broad SMARTS) is 2. The lowest BCUT2D eigenvalue weighted by molar-refractivity contribution is -0.166. The van der Waals surface area contributed by atoms with Gasteiger partial charge in [-0.2, -0.15) is 0 Å². The SMILES string of the molecule is O=C(O)CC[C@@](O)(CC(=O)OP)C(=O)O. The first kappa shape index (κ1) is 13.8. The molecule has 0 aliphatic carbocycles. The number of carbonyl (C=O) groups is 3. The second-order valence-corrected chi connectivity index (χ2v) is 3.13. The smallest absolute Gasteiger partial charge is 0.336 e. The number of carbonyl (C=O) groups excluding carboxylic acids is 1. The Morgan fingerprint density at radius 3 is 2.13 bits per heavy atom. The Morgan fingerprint density at radius 2 is 1.80 bits per heavy atom. The van der Waals surface area contributed by atoms with Crippen LogP contribution in [0.2, 0.25) is 0 Å². The molecule has 0 aromatic carbocycles. The molecule has 0 aliphatic rings. The highest BCUT2D eigenvalue weighted by molar-refractivity contribution is 7.10. The molecule has 0 aromatic rings. The van der Waals surface area contributed by atoms with Crippen LogP contribution in [0, 0.1) is 0 Å². The van der Waals surface area contributed by atoms with Crippen molar-refractivity contribution in [2.24, 2.45) is 0 Å². The Morgan fingerprint density at radius 1 is 1.27 bits per heavy atom. The van der Waals surface area contributed by atoms with Gasteiger partial charge in [-0.15, -0.1) is 0 Å². The van der Waals surface area contributed by atoms with Gasteiger partial charge in [0.05, 0.1) is 15.9 Å². The monoisotopic (exact) mass is 238 g/mol. The van der Waals surface area contributed by atoms with Crippen molar-refractivity contribution in [1.29, 1.82) is 0 Å². The molecule has 8 heteroatoms. The predicted octanol–water partition coefficient (Wildman–Crippen LogP) is -0.610. The van der Waals surface area contributed by atoms with E-state index in [4.69, 9.17) is 10.2 Å².